The molecule has 26 heavy (non-hydrogen) atoms. The third-order valence-corrected chi connectivity index (χ3v) is 5.95. The Bertz CT molecular complexity index is 609. The smallest absolute Gasteiger partial charge is 0.251 e. The van der Waals surface area contributed by atoms with Crippen LogP contribution in [-0.4, -0.2) is 64.2 Å². The van der Waals surface area contributed by atoms with Gasteiger partial charge in [-0.25, -0.2) is 0 Å². The van der Waals surface area contributed by atoms with Crippen molar-refractivity contribution in [2.75, 3.05) is 26.2 Å². The quantitative estimate of drug-likeness (QED) is 0.865. The van der Waals surface area contributed by atoms with E-state index in [1.165, 1.54) is 32.4 Å². The summed E-state index contributed by atoms with van der Waals surface area (Å²) in [6.45, 7) is 7.55. The first-order valence-corrected chi connectivity index (χ1v) is 9.95. The minimum atomic E-state index is -1.01. The van der Waals surface area contributed by atoms with E-state index in [1.54, 1.807) is 0 Å². The van der Waals surface area contributed by atoms with Crippen LogP contribution in [0, 0.1) is 13.8 Å². The number of aromatic hydroxyl groups is 1. The maximum Gasteiger partial charge on any atom is 0.251 e. The van der Waals surface area contributed by atoms with Crippen LogP contribution in [0.2, 0.25) is 0 Å². The highest BCUT2D eigenvalue weighted by Gasteiger charge is 2.30. The van der Waals surface area contributed by atoms with Crippen LogP contribution in [0.25, 0.3) is 0 Å². The molecular formula is C21H32N2O3. The van der Waals surface area contributed by atoms with Crippen LogP contribution < -0.4 is 0 Å². The molecule has 0 bridgehead atoms. The van der Waals surface area contributed by atoms with Crippen molar-refractivity contribution in [1.29, 1.82) is 0 Å². The molecule has 1 aromatic rings. The van der Waals surface area contributed by atoms with Gasteiger partial charge in [0.1, 0.15) is 11.9 Å². The molecule has 3 rings (SSSR count). The molecule has 2 aliphatic rings. The molecule has 0 saturated carbocycles. The highest BCUT2D eigenvalue weighted by atomic mass is 16.3. The summed E-state index contributed by atoms with van der Waals surface area (Å²) in [5, 5.41) is 20.3. The minimum absolute atomic E-state index is 0.162. The number of phenolic OH excluding ortho intramolecular Hbond substituents is 1. The van der Waals surface area contributed by atoms with Crippen LogP contribution in [0.5, 0.6) is 5.75 Å². The van der Waals surface area contributed by atoms with Gasteiger partial charge in [0, 0.05) is 25.6 Å². The van der Waals surface area contributed by atoms with E-state index in [-0.39, 0.29) is 11.7 Å². The number of rotatable bonds is 4. The average Bonchev–Trinajstić information content (AvgIpc) is 2.66. The van der Waals surface area contributed by atoms with Crippen molar-refractivity contribution in [2.45, 2.75) is 64.5 Å². The first-order valence-electron chi connectivity index (χ1n) is 9.95. The number of phenols is 1. The lowest BCUT2D eigenvalue weighted by Gasteiger charge is -2.40. The van der Waals surface area contributed by atoms with Gasteiger partial charge in [-0.3, -0.25) is 4.79 Å². The summed E-state index contributed by atoms with van der Waals surface area (Å²) < 4.78 is 0. The van der Waals surface area contributed by atoms with Crippen LogP contribution >= 0.6 is 0 Å². The van der Waals surface area contributed by atoms with Crippen molar-refractivity contribution < 1.29 is 15.0 Å². The normalized spacial score (nSPS) is 21.0. The Balaban J connectivity index is 1.53. The second-order valence-electron chi connectivity index (χ2n) is 7.95. The first kappa shape index (κ1) is 19.2. The van der Waals surface area contributed by atoms with Crippen molar-refractivity contribution in [3.05, 3.63) is 28.8 Å². The van der Waals surface area contributed by atoms with Gasteiger partial charge in [0.25, 0.3) is 5.91 Å². The number of benzene rings is 1. The van der Waals surface area contributed by atoms with Crippen LogP contribution in [0.4, 0.5) is 0 Å². The number of aliphatic hydroxyl groups is 1. The van der Waals surface area contributed by atoms with E-state index in [0.29, 0.717) is 12.5 Å². The number of likely N-dealkylation sites (tertiary alicyclic amines) is 2. The lowest BCUT2D eigenvalue weighted by molar-refractivity contribution is -0.141. The lowest BCUT2D eigenvalue weighted by Crippen LogP contribution is -2.50. The molecule has 0 aliphatic carbocycles. The van der Waals surface area contributed by atoms with Gasteiger partial charge >= 0.3 is 0 Å². The molecule has 2 saturated heterocycles. The number of hydrogen-bond acceptors (Lipinski definition) is 4. The Hall–Kier alpha value is -1.59. The monoisotopic (exact) mass is 360 g/mol. The number of nitrogens with zero attached hydrogens (tertiary/aromatic N) is 2. The number of aryl methyl sites for hydroxylation is 2. The third-order valence-electron chi connectivity index (χ3n) is 5.95. The molecule has 0 radical (unpaired) electrons. The second kappa shape index (κ2) is 8.40. The Morgan fingerprint density at radius 1 is 1.08 bits per heavy atom. The fourth-order valence-corrected chi connectivity index (χ4v) is 4.42. The summed E-state index contributed by atoms with van der Waals surface area (Å²) in [5.41, 5.74) is 2.45. The average molecular weight is 360 g/mol. The number of amides is 1. The fraction of sp³-hybridized carbons (Fsp3) is 0.667. The highest BCUT2D eigenvalue weighted by molar-refractivity contribution is 5.81. The molecule has 2 heterocycles. The third kappa shape index (κ3) is 4.38. The van der Waals surface area contributed by atoms with E-state index in [0.717, 1.165) is 42.6 Å². The van der Waals surface area contributed by atoms with Crippen LogP contribution in [0.3, 0.4) is 0 Å². The molecule has 0 unspecified atom stereocenters. The number of aliphatic hydroxyl groups excluding tert-OH is 1. The Morgan fingerprint density at radius 2 is 1.65 bits per heavy atom. The Morgan fingerprint density at radius 3 is 2.23 bits per heavy atom. The van der Waals surface area contributed by atoms with E-state index in [4.69, 9.17) is 0 Å². The molecule has 5 heteroatoms. The molecular weight excluding hydrogens is 328 g/mol. The van der Waals surface area contributed by atoms with Crippen molar-refractivity contribution in [1.82, 2.24) is 9.80 Å². The van der Waals surface area contributed by atoms with Gasteiger partial charge in [-0.05, 0) is 69.3 Å². The van der Waals surface area contributed by atoms with Crippen LogP contribution in [0.15, 0.2) is 12.1 Å². The molecule has 2 N–H and O–H groups in total. The van der Waals surface area contributed by atoms with Crippen LogP contribution in [-0.2, 0) is 11.2 Å². The first-order chi connectivity index (χ1) is 12.5. The maximum absolute atomic E-state index is 12.6. The van der Waals surface area contributed by atoms with Crippen LogP contribution in [0.1, 0.15) is 48.8 Å². The molecule has 0 spiro atoms. The largest absolute Gasteiger partial charge is 0.507 e. The summed E-state index contributed by atoms with van der Waals surface area (Å²) in [4.78, 5) is 17.0. The SMILES string of the molecule is Cc1cc(C[C@@H](O)C(=O)N2CCC(N3CCCCC3)CC2)cc(C)c1O. The second-order valence-corrected chi connectivity index (χ2v) is 7.95. The molecule has 144 valence electrons. The lowest BCUT2D eigenvalue weighted by atomic mass is 9.98. The van der Waals surface area contributed by atoms with E-state index in [9.17, 15) is 15.0 Å². The molecule has 2 aliphatic heterocycles. The van der Waals surface area contributed by atoms with E-state index in [1.807, 2.05) is 30.9 Å². The van der Waals surface area contributed by atoms with E-state index in [2.05, 4.69) is 4.90 Å². The maximum atomic E-state index is 12.6. The zero-order valence-corrected chi connectivity index (χ0v) is 16.1. The standard InChI is InChI=1S/C21H32N2O3/c1-15-12-17(13-16(2)20(15)25)14-19(24)21(26)23-10-6-18(7-11-23)22-8-4-3-5-9-22/h12-13,18-19,24-25H,3-11,14H2,1-2H3/t19-/m1/s1. The highest BCUT2D eigenvalue weighted by Crippen LogP contribution is 2.25. The number of carbonyl (C=O) groups is 1. The summed E-state index contributed by atoms with van der Waals surface area (Å²) in [5.74, 6) is 0.125. The molecule has 2 fully saturated rings. The molecule has 1 aromatic carbocycles. The van der Waals surface area contributed by atoms with E-state index >= 15 is 0 Å². The Labute approximate surface area is 156 Å². The predicted molar refractivity (Wildman–Crippen MR) is 102 cm³/mol. The molecule has 0 aromatic heterocycles. The van der Waals surface area contributed by atoms with Crippen molar-refractivity contribution in [3.63, 3.8) is 0 Å². The molecule has 5 nitrogen and oxygen atoms in total. The van der Waals surface area contributed by atoms with Crippen molar-refractivity contribution in [3.8, 4) is 5.75 Å². The topological polar surface area (TPSA) is 64.0 Å². The summed E-state index contributed by atoms with van der Waals surface area (Å²) in [6, 6.07) is 4.29. The number of hydrogen-bond donors (Lipinski definition) is 2. The summed E-state index contributed by atoms with van der Waals surface area (Å²) in [7, 11) is 0. The van der Waals surface area contributed by atoms with Gasteiger partial charge in [0.05, 0.1) is 0 Å². The number of carbonyl (C=O) groups excluding carboxylic acids is 1. The van der Waals surface area contributed by atoms with Gasteiger partial charge < -0.3 is 20.0 Å². The Kier molecular flexibility index (Phi) is 6.20. The molecule has 1 atom stereocenters. The summed E-state index contributed by atoms with van der Waals surface area (Å²) in [6.07, 6.45) is 5.24. The van der Waals surface area contributed by atoms with E-state index < -0.39 is 6.10 Å². The molecule has 1 amide bonds. The van der Waals surface area contributed by atoms with Crippen molar-refractivity contribution in [2.24, 2.45) is 0 Å². The van der Waals surface area contributed by atoms with Gasteiger partial charge in [-0.1, -0.05) is 18.6 Å². The zero-order chi connectivity index (χ0) is 18.7. The van der Waals surface area contributed by atoms with Gasteiger partial charge in [0.15, 0.2) is 0 Å². The number of piperidine rings is 2. The summed E-state index contributed by atoms with van der Waals surface area (Å²) >= 11 is 0. The zero-order valence-electron chi connectivity index (χ0n) is 16.1. The van der Waals surface area contributed by atoms with Gasteiger partial charge in [0.2, 0.25) is 0 Å². The minimum Gasteiger partial charge on any atom is -0.507 e. The van der Waals surface area contributed by atoms with Gasteiger partial charge in [-0.2, -0.15) is 0 Å². The predicted octanol–water partition coefficient (Wildman–Crippen LogP) is 2.39. The van der Waals surface area contributed by atoms with Crippen molar-refractivity contribution >= 4 is 5.91 Å². The van der Waals surface area contributed by atoms with Gasteiger partial charge in [-0.15, -0.1) is 0 Å². The fourth-order valence-electron chi connectivity index (χ4n) is 4.42.